The largest absolute Gasteiger partial charge is 0.497 e. The molecule has 5 heteroatoms. The molecule has 1 fully saturated rings. The van der Waals surface area contributed by atoms with Crippen LogP contribution in [0.5, 0.6) is 5.75 Å². The van der Waals surface area contributed by atoms with E-state index in [1.807, 2.05) is 48.5 Å². The highest BCUT2D eigenvalue weighted by Crippen LogP contribution is 2.29. The van der Waals surface area contributed by atoms with Crippen molar-refractivity contribution in [2.75, 3.05) is 7.11 Å². The maximum Gasteiger partial charge on any atom is 0.252 e. The molecule has 0 atom stereocenters. The molecular weight excluding hydrogens is 364 g/mol. The molecule has 1 aromatic heterocycles. The molecule has 2 aromatic carbocycles. The van der Waals surface area contributed by atoms with Crippen molar-refractivity contribution in [2.45, 2.75) is 44.6 Å². The third-order valence-electron chi connectivity index (χ3n) is 5.47. The summed E-state index contributed by atoms with van der Waals surface area (Å²) in [6.07, 6.45) is 8.66. The highest BCUT2D eigenvalue weighted by molar-refractivity contribution is 6.00. The van der Waals surface area contributed by atoms with Gasteiger partial charge in [-0.05, 0) is 49.2 Å². The summed E-state index contributed by atoms with van der Waals surface area (Å²) in [6.45, 7) is 0. The molecule has 1 aliphatic rings. The molecule has 0 saturated heterocycles. The maximum atomic E-state index is 13.0. The normalized spacial score (nSPS) is 14.9. The number of ether oxygens (including phenoxy) is 1. The van der Waals surface area contributed by atoms with Crippen LogP contribution in [-0.4, -0.2) is 24.0 Å². The first-order valence-corrected chi connectivity index (χ1v) is 10.2. The molecule has 0 unspecified atom stereocenters. The molecule has 4 rings (SSSR count). The van der Waals surface area contributed by atoms with E-state index < -0.39 is 0 Å². The van der Waals surface area contributed by atoms with Crippen molar-refractivity contribution in [1.29, 1.82) is 0 Å². The van der Waals surface area contributed by atoms with Gasteiger partial charge in [0, 0.05) is 17.2 Å². The Kier molecular flexibility index (Phi) is 5.94. The summed E-state index contributed by atoms with van der Waals surface area (Å²) in [6, 6.07) is 15.3. The average molecular weight is 390 g/mol. The lowest BCUT2D eigenvalue weighted by molar-refractivity contribution is 0.0934. The van der Waals surface area contributed by atoms with Crippen LogP contribution in [-0.2, 0) is 0 Å². The summed E-state index contributed by atoms with van der Waals surface area (Å²) < 4.78 is 11.2. The Hall–Kier alpha value is -3.08. The van der Waals surface area contributed by atoms with Crippen LogP contribution in [0.25, 0.3) is 22.8 Å². The molecule has 1 heterocycles. The molecule has 0 aliphatic heterocycles. The van der Waals surface area contributed by atoms with Crippen LogP contribution < -0.4 is 10.1 Å². The fourth-order valence-corrected chi connectivity index (χ4v) is 3.84. The lowest BCUT2D eigenvalue weighted by Crippen LogP contribution is -2.34. The Morgan fingerprint density at radius 2 is 1.76 bits per heavy atom. The van der Waals surface area contributed by atoms with Gasteiger partial charge in [-0.2, -0.15) is 0 Å². The van der Waals surface area contributed by atoms with Crippen molar-refractivity contribution in [1.82, 2.24) is 10.3 Å². The summed E-state index contributed by atoms with van der Waals surface area (Å²) in [7, 11) is 1.64. The van der Waals surface area contributed by atoms with Gasteiger partial charge in [0.25, 0.3) is 5.91 Å². The minimum atomic E-state index is -0.0586. The van der Waals surface area contributed by atoms with Crippen LogP contribution in [0.2, 0.25) is 0 Å². The number of aromatic nitrogens is 1. The molecule has 1 saturated carbocycles. The maximum absolute atomic E-state index is 13.0. The van der Waals surface area contributed by atoms with E-state index in [1.165, 1.54) is 25.7 Å². The van der Waals surface area contributed by atoms with Gasteiger partial charge in [-0.3, -0.25) is 4.79 Å². The number of nitrogens with one attached hydrogen (secondary N) is 1. The van der Waals surface area contributed by atoms with E-state index in [2.05, 4.69) is 10.3 Å². The molecule has 0 radical (unpaired) electrons. The Balaban J connectivity index is 1.56. The number of amides is 1. The number of oxazole rings is 1. The molecule has 3 aromatic rings. The van der Waals surface area contributed by atoms with E-state index in [4.69, 9.17) is 9.15 Å². The van der Waals surface area contributed by atoms with Crippen molar-refractivity contribution >= 4 is 5.91 Å². The first-order chi connectivity index (χ1) is 14.2. The third-order valence-corrected chi connectivity index (χ3v) is 5.47. The van der Waals surface area contributed by atoms with Crippen LogP contribution in [0.3, 0.4) is 0 Å². The molecule has 29 heavy (non-hydrogen) atoms. The smallest absolute Gasteiger partial charge is 0.252 e. The van der Waals surface area contributed by atoms with Gasteiger partial charge in [0.15, 0.2) is 5.76 Å². The molecular formula is C24H26N2O3. The minimum absolute atomic E-state index is 0.0586. The fraction of sp³-hybridized carbons (Fsp3) is 0.333. The van der Waals surface area contributed by atoms with Crippen LogP contribution in [0.4, 0.5) is 0 Å². The Labute approximate surface area is 171 Å². The molecule has 0 spiro atoms. The first-order valence-electron chi connectivity index (χ1n) is 10.2. The number of hydrogen-bond acceptors (Lipinski definition) is 4. The monoisotopic (exact) mass is 390 g/mol. The molecule has 5 nitrogen and oxygen atoms in total. The Morgan fingerprint density at radius 3 is 2.48 bits per heavy atom. The van der Waals surface area contributed by atoms with Crippen LogP contribution in [0.15, 0.2) is 59.1 Å². The highest BCUT2D eigenvalue weighted by atomic mass is 16.5. The van der Waals surface area contributed by atoms with Crippen molar-refractivity contribution in [2.24, 2.45) is 0 Å². The predicted molar refractivity (Wildman–Crippen MR) is 113 cm³/mol. The number of nitrogens with zero attached hydrogens (tertiary/aromatic N) is 1. The van der Waals surface area contributed by atoms with E-state index in [0.29, 0.717) is 22.8 Å². The van der Waals surface area contributed by atoms with Crippen molar-refractivity contribution < 1.29 is 13.9 Å². The molecule has 0 bridgehead atoms. The van der Waals surface area contributed by atoms with Crippen molar-refractivity contribution in [3.8, 4) is 28.5 Å². The SMILES string of the molecule is COc1ccc(-c2cnc(-c3ccccc3C(=O)NC3CCCCCC3)o2)cc1. The standard InChI is InChI=1S/C24H26N2O3/c1-28-19-14-12-17(13-15-19)22-16-25-24(29-22)21-11-7-6-10-20(21)23(27)26-18-8-4-2-3-5-9-18/h6-7,10-16,18H,2-5,8-9H2,1H3,(H,26,27). The number of carbonyl (C=O) groups excluding carboxylic acids is 1. The molecule has 1 N–H and O–H groups in total. The number of carbonyl (C=O) groups is 1. The van der Waals surface area contributed by atoms with Gasteiger partial charge >= 0.3 is 0 Å². The second-order valence-electron chi connectivity index (χ2n) is 7.47. The van der Waals surface area contributed by atoms with Crippen LogP contribution in [0, 0.1) is 0 Å². The van der Waals surface area contributed by atoms with Crippen molar-refractivity contribution in [3.63, 3.8) is 0 Å². The van der Waals surface area contributed by atoms with Crippen molar-refractivity contribution in [3.05, 3.63) is 60.3 Å². The molecule has 1 amide bonds. The van der Waals surface area contributed by atoms with Gasteiger partial charge in [0.05, 0.1) is 18.9 Å². The van der Waals surface area contributed by atoms with E-state index in [-0.39, 0.29) is 11.9 Å². The van der Waals surface area contributed by atoms with Gasteiger partial charge in [-0.15, -0.1) is 0 Å². The van der Waals surface area contributed by atoms with Gasteiger partial charge in [-0.25, -0.2) is 4.98 Å². The Morgan fingerprint density at radius 1 is 1.03 bits per heavy atom. The molecule has 1 aliphatic carbocycles. The predicted octanol–water partition coefficient (Wildman–Crippen LogP) is 5.47. The fourth-order valence-electron chi connectivity index (χ4n) is 3.84. The molecule has 150 valence electrons. The van der Waals surface area contributed by atoms with Gasteiger partial charge in [-0.1, -0.05) is 37.8 Å². The topological polar surface area (TPSA) is 64.4 Å². The highest BCUT2D eigenvalue weighted by Gasteiger charge is 2.20. The van der Waals surface area contributed by atoms with Crippen LogP contribution >= 0.6 is 0 Å². The second-order valence-corrected chi connectivity index (χ2v) is 7.47. The quantitative estimate of drug-likeness (QED) is 0.587. The van der Waals surface area contributed by atoms with Gasteiger partial charge in [0.2, 0.25) is 5.89 Å². The van der Waals surface area contributed by atoms with Gasteiger partial charge < -0.3 is 14.5 Å². The van der Waals surface area contributed by atoms with E-state index in [1.54, 1.807) is 13.3 Å². The summed E-state index contributed by atoms with van der Waals surface area (Å²) in [5, 5.41) is 3.21. The zero-order valence-corrected chi connectivity index (χ0v) is 16.7. The summed E-state index contributed by atoms with van der Waals surface area (Å²) in [5.41, 5.74) is 2.21. The minimum Gasteiger partial charge on any atom is -0.497 e. The second kappa shape index (κ2) is 8.95. The van der Waals surface area contributed by atoms with Crippen LogP contribution in [0.1, 0.15) is 48.9 Å². The average Bonchev–Trinajstić information content (AvgIpc) is 3.12. The number of methoxy groups -OCH3 is 1. The third kappa shape index (κ3) is 4.50. The first kappa shape index (κ1) is 19.2. The number of rotatable bonds is 5. The Bertz CT molecular complexity index is 954. The summed E-state index contributed by atoms with van der Waals surface area (Å²) in [4.78, 5) is 17.4. The van der Waals surface area contributed by atoms with E-state index >= 15 is 0 Å². The zero-order chi connectivity index (χ0) is 20.1. The number of benzene rings is 2. The lowest BCUT2D eigenvalue weighted by Gasteiger charge is -2.17. The number of hydrogen-bond donors (Lipinski definition) is 1. The van der Waals surface area contributed by atoms with E-state index in [0.717, 1.165) is 24.2 Å². The van der Waals surface area contributed by atoms with E-state index in [9.17, 15) is 4.79 Å². The lowest BCUT2D eigenvalue weighted by atomic mass is 10.0. The summed E-state index contributed by atoms with van der Waals surface area (Å²) in [5.74, 6) is 1.83. The summed E-state index contributed by atoms with van der Waals surface area (Å²) >= 11 is 0. The zero-order valence-electron chi connectivity index (χ0n) is 16.7. The van der Waals surface area contributed by atoms with Gasteiger partial charge in [0.1, 0.15) is 5.75 Å².